The van der Waals surface area contributed by atoms with E-state index in [1.807, 2.05) is 0 Å². The fraction of sp³-hybridized carbons (Fsp3) is 0.238. The Morgan fingerprint density at radius 2 is 1.48 bits per heavy atom. The molecule has 1 nitrogen and oxygen atoms in total. The molecule has 222 valence electrons. The summed E-state index contributed by atoms with van der Waals surface area (Å²) in [4.78, 5) is 2.59. The second-order valence-electron chi connectivity index (χ2n) is 13.5. The maximum atomic E-state index is 2.59. The summed E-state index contributed by atoms with van der Waals surface area (Å²) in [6.07, 6.45) is 11.1. The molecule has 1 aliphatic heterocycles. The number of hydrogen-bond acceptors (Lipinski definition) is 1. The molecule has 0 aromatic heterocycles. The molecule has 2 unspecified atom stereocenters. The van der Waals surface area contributed by atoms with Crippen molar-refractivity contribution in [3.63, 3.8) is 0 Å². The van der Waals surface area contributed by atoms with Crippen LogP contribution in [-0.4, -0.2) is 18.6 Å². The van der Waals surface area contributed by atoms with Crippen LogP contribution >= 0.6 is 10.0 Å². The van der Waals surface area contributed by atoms with Gasteiger partial charge in [-0.2, -0.15) is 0 Å². The summed E-state index contributed by atoms with van der Waals surface area (Å²) in [5, 5.41) is 3.04. The lowest BCUT2D eigenvalue weighted by atomic mass is 9.91. The summed E-state index contributed by atoms with van der Waals surface area (Å²) in [7, 11) is -1.11. The Morgan fingerprint density at radius 3 is 2.32 bits per heavy atom. The molecule has 0 amide bonds. The smallest absolute Gasteiger partial charge is 0.0490 e. The van der Waals surface area contributed by atoms with Gasteiger partial charge in [0.05, 0.1) is 0 Å². The molecule has 0 spiro atoms. The molecule has 0 radical (unpaired) electrons. The van der Waals surface area contributed by atoms with Gasteiger partial charge >= 0.3 is 0 Å². The summed E-state index contributed by atoms with van der Waals surface area (Å²) in [6, 6.07) is 38.9. The molecule has 5 aromatic carbocycles. The standard InChI is InChI=1S/C42H43NS/c1-28(2)24-38-33(17-12-20-36(38)35-19-11-16-31-14-7-9-18-34(31)35)27-44(5,6)42-29(3)25-39-37(42)21-13-23-41(39)43-30(4)26-32-15-8-10-22-40(32)43/h7-25,30,42H,26-27H2,1-6H3. The fourth-order valence-corrected chi connectivity index (χ4v) is 11.1. The Morgan fingerprint density at radius 1 is 0.795 bits per heavy atom. The van der Waals surface area contributed by atoms with Gasteiger partial charge in [0.15, 0.2) is 0 Å². The Kier molecular flexibility index (Phi) is 7.29. The van der Waals surface area contributed by atoms with Gasteiger partial charge in [-0.15, -0.1) is 0 Å². The summed E-state index contributed by atoms with van der Waals surface area (Å²) in [6.45, 7) is 9.18. The van der Waals surface area contributed by atoms with Gasteiger partial charge in [-0.25, -0.2) is 10.0 Å². The first-order chi connectivity index (χ1) is 21.2. The molecular weight excluding hydrogens is 551 g/mol. The van der Waals surface area contributed by atoms with Gasteiger partial charge < -0.3 is 4.90 Å². The van der Waals surface area contributed by atoms with Crippen LogP contribution in [0, 0.1) is 0 Å². The monoisotopic (exact) mass is 593 g/mol. The van der Waals surface area contributed by atoms with E-state index in [1.165, 1.54) is 72.2 Å². The van der Waals surface area contributed by atoms with Crippen molar-refractivity contribution in [1.82, 2.24) is 0 Å². The average Bonchev–Trinajstić information content (AvgIpc) is 3.53. The van der Waals surface area contributed by atoms with Gasteiger partial charge in [-0.1, -0.05) is 114 Å². The third-order valence-electron chi connectivity index (χ3n) is 9.53. The molecule has 5 aromatic rings. The molecule has 7 rings (SSSR count). The van der Waals surface area contributed by atoms with Gasteiger partial charge in [-0.05, 0) is 103 Å². The van der Waals surface area contributed by atoms with Crippen molar-refractivity contribution < 1.29 is 0 Å². The van der Waals surface area contributed by atoms with Crippen molar-refractivity contribution in [1.29, 1.82) is 0 Å². The van der Waals surface area contributed by atoms with E-state index in [9.17, 15) is 0 Å². The van der Waals surface area contributed by atoms with Crippen LogP contribution in [0.25, 0.3) is 34.1 Å². The minimum Gasteiger partial charge on any atom is -0.338 e. The normalized spacial score (nSPS) is 17.8. The van der Waals surface area contributed by atoms with Crippen molar-refractivity contribution >= 4 is 44.3 Å². The Hall–Kier alpha value is -4.01. The van der Waals surface area contributed by atoms with Crippen LogP contribution in [0.3, 0.4) is 0 Å². The molecule has 1 heterocycles. The number of fused-ring (bicyclic) bond motifs is 3. The van der Waals surface area contributed by atoms with E-state index < -0.39 is 10.0 Å². The zero-order valence-electron chi connectivity index (χ0n) is 26.9. The zero-order chi connectivity index (χ0) is 30.6. The molecule has 0 bridgehead atoms. The van der Waals surface area contributed by atoms with Gasteiger partial charge in [0.25, 0.3) is 0 Å². The summed E-state index contributed by atoms with van der Waals surface area (Å²) in [5.74, 6) is 1.08. The van der Waals surface area contributed by atoms with E-state index in [1.54, 1.807) is 0 Å². The Labute approximate surface area is 265 Å². The Bertz CT molecular complexity index is 1950. The van der Waals surface area contributed by atoms with E-state index in [0.717, 1.165) is 12.2 Å². The van der Waals surface area contributed by atoms with Crippen LogP contribution < -0.4 is 4.90 Å². The first-order valence-electron chi connectivity index (χ1n) is 15.9. The van der Waals surface area contributed by atoms with Gasteiger partial charge in [0.2, 0.25) is 0 Å². The number of allylic oxidation sites excluding steroid dienone is 1. The summed E-state index contributed by atoms with van der Waals surface area (Å²) < 4.78 is 0. The Balaban J connectivity index is 1.30. The number of para-hydroxylation sites is 1. The van der Waals surface area contributed by atoms with Crippen LogP contribution in [0.15, 0.2) is 114 Å². The highest BCUT2D eigenvalue weighted by atomic mass is 32.3. The lowest BCUT2D eigenvalue weighted by molar-refractivity contribution is 0.758. The predicted octanol–water partition coefficient (Wildman–Crippen LogP) is 11.7. The van der Waals surface area contributed by atoms with E-state index in [0.29, 0.717) is 11.3 Å². The molecule has 44 heavy (non-hydrogen) atoms. The van der Waals surface area contributed by atoms with Crippen molar-refractivity contribution in [2.45, 2.75) is 51.2 Å². The second-order valence-corrected chi connectivity index (χ2v) is 17.5. The van der Waals surface area contributed by atoms with E-state index in [2.05, 4.69) is 160 Å². The first kappa shape index (κ1) is 28.7. The van der Waals surface area contributed by atoms with Gasteiger partial charge in [0.1, 0.15) is 0 Å². The zero-order valence-corrected chi connectivity index (χ0v) is 27.7. The largest absolute Gasteiger partial charge is 0.338 e. The third-order valence-corrected chi connectivity index (χ3v) is 12.5. The molecule has 1 aliphatic carbocycles. The number of rotatable bonds is 6. The van der Waals surface area contributed by atoms with Crippen LogP contribution in [0.2, 0.25) is 0 Å². The number of anilines is 2. The lowest BCUT2D eigenvalue weighted by Gasteiger charge is -2.40. The second kappa shape index (κ2) is 11.2. The fourth-order valence-electron chi connectivity index (χ4n) is 7.87. The van der Waals surface area contributed by atoms with Crippen molar-refractivity contribution in [2.24, 2.45) is 0 Å². The van der Waals surface area contributed by atoms with Crippen LogP contribution in [0.4, 0.5) is 11.4 Å². The molecule has 0 saturated carbocycles. The molecule has 0 fully saturated rings. The van der Waals surface area contributed by atoms with Crippen LogP contribution in [-0.2, 0) is 12.2 Å². The maximum absolute atomic E-state index is 2.59. The van der Waals surface area contributed by atoms with Crippen LogP contribution in [0.1, 0.15) is 60.8 Å². The van der Waals surface area contributed by atoms with Crippen molar-refractivity contribution in [3.8, 4) is 11.1 Å². The third kappa shape index (κ3) is 4.90. The molecule has 0 saturated heterocycles. The maximum Gasteiger partial charge on any atom is 0.0490 e. The van der Waals surface area contributed by atoms with Crippen LogP contribution in [0.5, 0.6) is 0 Å². The highest BCUT2D eigenvalue weighted by Gasteiger charge is 2.37. The van der Waals surface area contributed by atoms with E-state index >= 15 is 0 Å². The van der Waals surface area contributed by atoms with E-state index in [4.69, 9.17) is 0 Å². The number of hydrogen-bond donors (Lipinski definition) is 0. The molecule has 2 aliphatic rings. The average molecular weight is 594 g/mol. The minimum absolute atomic E-state index is 0.436. The minimum atomic E-state index is -1.11. The highest BCUT2D eigenvalue weighted by molar-refractivity contribution is 8.32. The molecular formula is C42H43NS. The van der Waals surface area contributed by atoms with E-state index in [-0.39, 0.29) is 0 Å². The molecule has 2 heteroatoms. The highest BCUT2D eigenvalue weighted by Crippen LogP contribution is 2.64. The molecule has 2 atom stereocenters. The van der Waals surface area contributed by atoms with Gasteiger partial charge in [-0.3, -0.25) is 0 Å². The lowest BCUT2D eigenvalue weighted by Crippen LogP contribution is -2.24. The number of benzene rings is 5. The summed E-state index contributed by atoms with van der Waals surface area (Å²) >= 11 is 0. The molecule has 0 N–H and O–H groups in total. The van der Waals surface area contributed by atoms with Crippen molar-refractivity contribution in [2.75, 3.05) is 17.4 Å². The van der Waals surface area contributed by atoms with Crippen molar-refractivity contribution in [3.05, 3.63) is 142 Å². The van der Waals surface area contributed by atoms with Gasteiger partial charge in [0, 0.05) is 34.0 Å². The predicted molar refractivity (Wildman–Crippen MR) is 196 cm³/mol. The quantitative estimate of drug-likeness (QED) is 0.189. The SMILES string of the molecule is CC(C)=Cc1c(CS(C)(C)C2C(C)=Cc3c2cccc3N2c3ccccc3CC2C)cccc1-c1cccc2ccccc12. The first-order valence-corrected chi connectivity index (χ1v) is 18.5. The number of nitrogens with zero attached hydrogens (tertiary/aromatic N) is 1. The summed E-state index contributed by atoms with van der Waals surface area (Å²) in [5.41, 5.74) is 15.4. The topological polar surface area (TPSA) is 3.24 Å².